The first-order valence-corrected chi connectivity index (χ1v) is 5.98. The Labute approximate surface area is 98.9 Å². The maximum Gasteiger partial charge on any atom is 0.407 e. The number of rotatable bonds is 7. The number of nitrogens with one attached hydrogen (secondary N) is 1. The van der Waals surface area contributed by atoms with Crippen molar-refractivity contribution >= 4 is 6.09 Å². The zero-order chi connectivity index (χ0) is 12.6. The number of hydrogen-bond donors (Lipinski definition) is 2. The summed E-state index contributed by atoms with van der Waals surface area (Å²) in [4.78, 5) is 11.3. The average molecular weight is 230 g/mol. The first-order chi connectivity index (χ1) is 7.37. The molecule has 0 aliphatic rings. The highest BCUT2D eigenvalue weighted by Crippen LogP contribution is 2.20. The van der Waals surface area contributed by atoms with Gasteiger partial charge in [-0.15, -0.1) is 0 Å². The van der Waals surface area contributed by atoms with Crippen molar-refractivity contribution in [1.29, 1.82) is 0 Å². The average Bonchev–Trinajstić information content (AvgIpc) is 2.21. The van der Waals surface area contributed by atoms with Crippen molar-refractivity contribution in [3.05, 3.63) is 0 Å². The molecule has 16 heavy (non-hydrogen) atoms. The van der Waals surface area contributed by atoms with E-state index in [-0.39, 0.29) is 11.5 Å². The van der Waals surface area contributed by atoms with Gasteiger partial charge in [-0.25, -0.2) is 4.79 Å². The molecule has 1 amide bonds. The second kappa shape index (κ2) is 7.49. The summed E-state index contributed by atoms with van der Waals surface area (Å²) in [5, 5.41) is 2.79. The zero-order valence-electron chi connectivity index (χ0n) is 11.0. The lowest BCUT2D eigenvalue weighted by Crippen LogP contribution is -2.35. The van der Waals surface area contributed by atoms with Crippen molar-refractivity contribution in [2.24, 2.45) is 17.1 Å². The first kappa shape index (κ1) is 15.2. The van der Waals surface area contributed by atoms with Gasteiger partial charge in [-0.3, -0.25) is 0 Å². The van der Waals surface area contributed by atoms with Crippen molar-refractivity contribution < 1.29 is 9.53 Å². The molecular formula is C12H26N2O2. The van der Waals surface area contributed by atoms with E-state index in [4.69, 9.17) is 10.5 Å². The van der Waals surface area contributed by atoms with E-state index in [0.29, 0.717) is 25.6 Å². The second-order valence-corrected chi connectivity index (χ2v) is 5.40. The Morgan fingerprint density at radius 1 is 1.44 bits per heavy atom. The largest absolute Gasteiger partial charge is 0.449 e. The van der Waals surface area contributed by atoms with Gasteiger partial charge in [0, 0.05) is 6.54 Å². The summed E-state index contributed by atoms with van der Waals surface area (Å²) in [5.41, 5.74) is 5.54. The van der Waals surface area contributed by atoms with E-state index < -0.39 is 0 Å². The van der Waals surface area contributed by atoms with E-state index >= 15 is 0 Å². The van der Waals surface area contributed by atoms with Crippen molar-refractivity contribution in [3.8, 4) is 0 Å². The Balaban J connectivity index is 3.72. The normalized spacial score (nSPS) is 11.6. The molecule has 96 valence electrons. The molecule has 0 aliphatic heterocycles. The smallest absolute Gasteiger partial charge is 0.407 e. The fraction of sp³-hybridized carbons (Fsp3) is 0.917. The zero-order valence-corrected chi connectivity index (χ0v) is 11.0. The number of alkyl carbamates (subject to hydrolysis) is 1. The molecule has 0 aromatic carbocycles. The lowest BCUT2D eigenvalue weighted by molar-refractivity contribution is 0.128. The fourth-order valence-electron chi connectivity index (χ4n) is 1.27. The molecule has 4 heteroatoms. The Morgan fingerprint density at radius 2 is 2.06 bits per heavy atom. The molecule has 0 aromatic rings. The predicted octanol–water partition coefficient (Wildman–Crippen LogP) is 2.13. The van der Waals surface area contributed by atoms with Crippen LogP contribution in [0, 0.1) is 11.3 Å². The summed E-state index contributed by atoms with van der Waals surface area (Å²) in [6.07, 6.45) is 1.67. The maximum absolute atomic E-state index is 11.3. The Morgan fingerprint density at radius 3 is 2.56 bits per heavy atom. The van der Waals surface area contributed by atoms with Crippen LogP contribution in [0.5, 0.6) is 0 Å². The minimum atomic E-state index is -0.325. The van der Waals surface area contributed by atoms with E-state index in [1.165, 1.54) is 0 Å². The van der Waals surface area contributed by atoms with Crippen molar-refractivity contribution in [3.63, 3.8) is 0 Å². The Hall–Kier alpha value is -0.770. The van der Waals surface area contributed by atoms with Gasteiger partial charge in [0.05, 0.1) is 6.61 Å². The third kappa shape index (κ3) is 8.53. The number of ether oxygens (including phenoxy) is 1. The monoisotopic (exact) mass is 230 g/mol. The van der Waals surface area contributed by atoms with Gasteiger partial charge in [-0.1, -0.05) is 27.7 Å². The second-order valence-electron chi connectivity index (χ2n) is 5.40. The van der Waals surface area contributed by atoms with Gasteiger partial charge in [0.15, 0.2) is 0 Å². The Kier molecular flexibility index (Phi) is 7.13. The van der Waals surface area contributed by atoms with Crippen LogP contribution in [0.15, 0.2) is 0 Å². The number of amides is 1. The first-order valence-electron chi connectivity index (χ1n) is 5.98. The van der Waals surface area contributed by atoms with E-state index in [9.17, 15) is 4.79 Å². The van der Waals surface area contributed by atoms with Crippen LogP contribution < -0.4 is 11.1 Å². The van der Waals surface area contributed by atoms with E-state index in [1.54, 1.807) is 0 Å². The van der Waals surface area contributed by atoms with Crippen LogP contribution in [0.3, 0.4) is 0 Å². The molecule has 0 atom stereocenters. The molecule has 4 nitrogen and oxygen atoms in total. The maximum atomic E-state index is 11.3. The van der Waals surface area contributed by atoms with Gasteiger partial charge in [-0.2, -0.15) is 0 Å². The minimum absolute atomic E-state index is 0.0796. The highest BCUT2D eigenvalue weighted by atomic mass is 16.5. The SMILES string of the molecule is CC(C)COC(=O)NCC(C)(C)CCCN. The molecule has 0 fully saturated rings. The molecule has 0 bridgehead atoms. The fourth-order valence-corrected chi connectivity index (χ4v) is 1.27. The van der Waals surface area contributed by atoms with Crippen molar-refractivity contribution in [2.75, 3.05) is 19.7 Å². The molecular weight excluding hydrogens is 204 g/mol. The molecule has 0 spiro atoms. The van der Waals surface area contributed by atoms with Crippen LogP contribution in [-0.2, 0) is 4.74 Å². The summed E-state index contributed by atoms with van der Waals surface area (Å²) < 4.78 is 5.03. The molecule has 0 saturated heterocycles. The van der Waals surface area contributed by atoms with Gasteiger partial charge in [-0.05, 0) is 30.7 Å². The van der Waals surface area contributed by atoms with Crippen LogP contribution in [0.25, 0.3) is 0 Å². The van der Waals surface area contributed by atoms with Gasteiger partial charge >= 0.3 is 6.09 Å². The van der Waals surface area contributed by atoms with Gasteiger partial charge in [0.2, 0.25) is 0 Å². The molecule has 3 N–H and O–H groups in total. The van der Waals surface area contributed by atoms with Gasteiger partial charge < -0.3 is 15.8 Å². The van der Waals surface area contributed by atoms with Crippen LogP contribution in [0.2, 0.25) is 0 Å². The number of hydrogen-bond acceptors (Lipinski definition) is 3. The molecule has 0 unspecified atom stereocenters. The van der Waals surface area contributed by atoms with Crippen molar-refractivity contribution in [2.45, 2.75) is 40.5 Å². The van der Waals surface area contributed by atoms with Crippen LogP contribution in [-0.4, -0.2) is 25.8 Å². The minimum Gasteiger partial charge on any atom is -0.449 e. The topological polar surface area (TPSA) is 64.3 Å². The van der Waals surface area contributed by atoms with E-state index in [1.807, 2.05) is 13.8 Å². The summed E-state index contributed by atoms with van der Waals surface area (Å²) in [5.74, 6) is 0.371. The van der Waals surface area contributed by atoms with Crippen LogP contribution >= 0.6 is 0 Å². The molecule has 0 radical (unpaired) electrons. The summed E-state index contributed by atoms with van der Waals surface area (Å²) >= 11 is 0. The molecule has 0 rings (SSSR count). The van der Waals surface area contributed by atoms with Crippen LogP contribution in [0.4, 0.5) is 4.79 Å². The Bertz CT molecular complexity index is 203. The standard InChI is InChI=1S/C12H26N2O2/c1-10(2)8-16-11(15)14-9-12(3,4)6-5-7-13/h10H,5-9,13H2,1-4H3,(H,14,15). The third-order valence-electron chi connectivity index (χ3n) is 2.32. The summed E-state index contributed by atoms with van der Waals surface area (Å²) in [6.45, 7) is 10.0. The highest BCUT2D eigenvalue weighted by molar-refractivity contribution is 5.67. The molecule has 0 saturated carbocycles. The number of carbonyl (C=O) groups is 1. The van der Waals surface area contributed by atoms with Gasteiger partial charge in [0.1, 0.15) is 0 Å². The molecule has 0 aromatic heterocycles. The summed E-state index contributed by atoms with van der Waals surface area (Å²) in [7, 11) is 0. The van der Waals surface area contributed by atoms with Crippen molar-refractivity contribution in [1.82, 2.24) is 5.32 Å². The lowest BCUT2D eigenvalue weighted by atomic mass is 9.88. The van der Waals surface area contributed by atoms with Gasteiger partial charge in [0.25, 0.3) is 0 Å². The van der Waals surface area contributed by atoms with E-state index in [0.717, 1.165) is 12.8 Å². The van der Waals surface area contributed by atoms with Crippen LogP contribution in [0.1, 0.15) is 40.5 Å². The highest BCUT2D eigenvalue weighted by Gasteiger charge is 2.18. The predicted molar refractivity (Wildman–Crippen MR) is 66.3 cm³/mol. The molecule has 0 aliphatic carbocycles. The molecule has 0 heterocycles. The lowest BCUT2D eigenvalue weighted by Gasteiger charge is -2.24. The third-order valence-corrected chi connectivity index (χ3v) is 2.32. The number of carbonyl (C=O) groups excluding carboxylic acids is 1. The number of nitrogens with two attached hydrogens (primary N) is 1. The quantitative estimate of drug-likeness (QED) is 0.704. The summed E-state index contributed by atoms with van der Waals surface area (Å²) in [6, 6.07) is 0. The van der Waals surface area contributed by atoms with E-state index in [2.05, 4.69) is 19.2 Å².